The van der Waals surface area contributed by atoms with Gasteiger partial charge in [-0.2, -0.15) is 0 Å². The minimum absolute atomic E-state index is 0. The van der Waals surface area contributed by atoms with E-state index in [-0.39, 0.29) is 24.2 Å². The molecule has 2 nitrogen and oxygen atoms in total. The van der Waals surface area contributed by atoms with E-state index in [4.69, 9.17) is 0 Å². The van der Waals surface area contributed by atoms with Gasteiger partial charge in [-0.05, 0) is 19.4 Å². The van der Waals surface area contributed by atoms with Gasteiger partial charge in [-0.3, -0.25) is 4.79 Å². The second kappa shape index (κ2) is 11.0. The summed E-state index contributed by atoms with van der Waals surface area (Å²) in [6.45, 7) is 5.27. The van der Waals surface area contributed by atoms with Crippen molar-refractivity contribution in [2.45, 2.75) is 52.0 Å². The SMILES string of the molecule is CCCCNC(CCCC)C(=O)c1ccccc1.Cl. The maximum atomic E-state index is 12.4. The highest BCUT2D eigenvalue weighted by Gasteiger charge is 2.18. The molecule has 0 heterocycles. The Morgan fingerprint density at radius 1 is 1.11 bits per heavy atom. The molecule has 0 spiro atoms. The van der Waals surface area contributed by atoms with Gasteiger partial charge >= 0.3 is 0 Å². The van der Waals surface area contributed by atoms with Gasteiger partial charge < -0.3 is 5.32 Å². The first kappa shape index (κ1) is 18.1. The highest BCUT2D eigenvalue weighted by molar-refractivity contribution is 6.00. The Hall–Kier alpha value is -0.860. The third-order valence-electron chi connectivity index (χ3n) is 3.14. The van der Waals surface area contributed by atoms with Crippen molar-refractivity contribution in [3.05, 3.63) is 35.9 Å². The van der Waals surface area contributed by atoms with Gasteiger partial charge in [0.25, 0.3) is 0 Å². The van der Waals surface area contributed by atoms with Crippen molar-refractivity contribution in [2.75, 3.05) is 6.54 Å². The molecule has 19 heavy (non-hydrogen) atoms. The quantitative estimate of drug-likeness (QED) is 0.542. The zero-order valence-electron chi connectivity index (χ0n) is 12.0. The Bertz CT molecular complexity index is 340. The molecule has 0 amide bonds. The molecule has 0 fully saturated rings. The average Bonchev–Trinajstić information content (AvgIpc) is 2.43. The van der Waals surface area contributed by atoms with Crippen LogP contribution < -0.4 is 5.32 Å². The zero-order valence-corrected chi connectivity index (χ0v) is 12.8. The number of rotatable bonds is 9. The summed E-state index contributed by atoms with van der Waals surface area (Å²) < 4.78 is 0. The first-order valence-corrected chi connectivity index (χ1v) is 7.12. The van der Waals surface area contributed by atoms with E-state index in [1.165, 1.54) is 0 Å². The number of Topliss-reactive ketones (excluding diaryl/α,β-unsaturated/α-hetero) is 1. The van der Waals surface area contributed by atoms with Crippen molar-refractivity contribution in [2.24, 2.45) is 0 Å². The lowest BCUT2D eigenvalue weighted by Gasteiger charge is -2.17. The first-order valence-electron chi connectivity index (χ1n) is 7.12. The molecule has 1 aromatic rings. The third-order valence-corrected chi connectivity index (χ3v) is 3.14. The monoisotopic (exact) mass is 283 g/mol. The molecule has 0 aliphatic carbocycles. The summed E-state index contributed by atoms with van der Waals surface area (Å²) >= 11 is 0. The van der Waals surface area contributed by atoms with E-state index in [0.29, 0.717) is 0 Å². The number of ketones is 1. The summed E-state index contributed by atoms with van der Waals surface area (Å²) in [5.74, 6) is 0.236. The minimum atomic E-state index is -0.0149. The summed E-state index contributed by atoms with van der Waals surface area (Å²) in [7, 11) is 0. The van der Waals surface area contributed by atoms with E-state index in [1.54, 1.807) is 0 Å². The predicted octanol–water partition coefficient (Wildman–Crippen LogP) is 4.24. The Morgan fingerprint density at radius 3 is 2.32 bits per heavy atom. The number of nitrogens with one attached hydrogen (secondary N) is 1. The van der Waals surface area contributed by atoms with Crippen LogP contribution in [-0.2, 0) is 0 Å². The van der Waals surface area contributed by atoms with E-state index >= 15 is 0 Å². The van der Waals surface area contributed by atoms with Crippen LogP contribution in [0.5, 0.6) is 0 Å². The summed E-state index contributed by atoms with van der Waals surface area (Å²) in [4.78, 5) is 12.4. The van der Waals surface area contributed by atoms with Crippen molar-refractivity contribution in [3.8, 4) is 0 Å². The van der Waals surface area contributed by atoms with Crippen LogP contribution in [0.15, 0.2) is 30.3 Å². The average molecular weight is 284 g/mol. The van der Waals surface area contributed by atoms with Crippen LogP contribution in [0.4, 0.5) is 0 Å². The third kappa shape index (κ3) is 6.74. The number of hydrogen-bond acceptors (Lipinski definition) is 2. The number of unbranched alkanes of at least 4 members (excludes halogenated alkanes) is 2. The molecule has 1 N–H and O–H groups in total. The van der Waals surface area contributed by atoms with Crippen LogP contribution in [0.25, 0.3) is 0 Å². The van der Waals surface area contributed by atoms with Crippen LogP contribution in [0.1, 0.15) is 56.3 Å². The van der Waals surface area contributed by atoms with Gasteiger partial charge in [0, 0.05) is 5.56 Å². The maximum Gasteiger partial charge on any atom is 0.179 e. The summed E-state index contributed by atoms with van der Waals surface area (Å²) in [6, 6.07) is 9.60. The molecule has 1 unspecified atom stereocenters. The molecule has 0 aliphatic rings. The molecule has 0 aromatic heterocycles. The topological polar surface area (TPSA) is 29.1 Å². The van der Waals surface area contributed by atoms with Crippen molar-refractivity contribution < 1.29 is 4.79 Å². The molecule has 108 valence electrons. The van der Waals surface area contributed by atoms with Crippen molar-refractivity contribution >= 4 is 18.2 Å². The smallest absolute Gasteiger partial charge is 0.179 e. The molecular weight excluding hydrogens is 258 g/mol. The standard InChI is InChI=1S/C16H25NO.ClH/c1-3-5-12-15(17-13-6-4-2)16(18)14-10-8-7-9-11-14;/h7-11,15,17H,3-6,12-13H2,1-2H3;1H. The van der Waals surface area contributed by atoms with Crippen molar-refractivity contribution in [1.29, 1.82) is 0 Å². The van der Waals surface area contributed by atoms with E-state index in [0.717, 1.165) is 44.2 Å². The number of carbonyl (C=O) groups excluding carboxylic acids is 1. The van der Waals surface area contributed by atoms with Gasteiger partial charge in [-0.25, -0.2) is 0 Å². The number of halogens is 1. The Balaban J connectivity index is 0.00000324. The van der Waals surface area contributed by atoms with Gasteiger partial charge in [0.05, 0.1) is 6.04 Å². The molecule has 1 rings (SSSR count). The lowest BCUT2D eigenvalue weighted by Crippen LogP contribution is -2.37. The minimum Gasteiger partial charge on any atom is -0.307 e. The molecule has 0 radical (unpaired) electrons. The molecule has 1 aromatic carbocycles. The second-order valence-corrected chi connectivity index (χ2v) is 4.73. The van der Waals surface area contributed by atoms with Crippen LogP contribution >= 0.6 is 12.4 Å². The second-order valence-electron chi connectivity index (χ2n) is 4.73. The summed E-state index contributed by atoms with van der Waals surface area (Å²) in [6.07, 6.45) is 5.46. The number of benzene rings is 1. The normalized spacial score (nSPS) is 11.7. The molecular formula is C16H26ClNO. The van der Waals surface area contributed by atoms with E-state index < -0.39 is 0 Å². The van der Waals surface area contributed by atoms with Gasteiger partial charge in [-0.15, -0.1) is 12.4 Å². The number of hydrogen-bond donors (Lipinski definition) is 1. The fraction of sp³-hybridized carbons (Fsp3) is 0.562. The first-order chi connectivity index (χ1) is 8.79. The van der Waals surface area contributed by atoms with Gasteiger partial charge in [0.2, 0.25) is 0 Å². The highest BCUT2D eigenvalue weighted by Crippen LogP contribution is 2.09. The zero-order chi connectivity index (χ0) is 13.2. The van der Waals surface area contributed by atoms with Gasteiger partial charge in [0.1, 0.15) is 0 Å². The fourth-order valence-corrected chi connectivity index (χ4v) is 1.99. The molecule has 0 bridgehead atoms. The van der Waals surface area contributed by atoms with Crippen LogP contribution in [0, 0.1) is 0 Å². The van der Waals surface area contributed by atoms with Crippen LogP contribution in [-0.4, -0.2) is 18.4 Å². The lowest BCUT2D eigenvalue weighted by atomic mass is 9.99. The summed E-state index contributed by atoms with van der Waals surface area (Å²) in [5.41, 5.74) is 0.822. The Kier molecular flexibility index (Phi) is 10.5. The maximum absolute atomic E-state index is 12.4. The molecule has 0 aliphatic heterocycles. The van der Waals surface area contributed by atoms with Gasteiger partial charge in [0.15, 0.2) is 5.78 Å². The predicted molar refractivity (Wildman–Crippen MR) is 84.2 cm³/mol. The number of carbonyl (C=O) groups is 1. The van der Waals surface area contributed by atoms with E-state index in [2.05, 4.69) is 19.2 Å². The fourth-order valence-electron chi connectivity index (χ4n) is 1.99. The highest BCUT2D eigenvalue weighted by atomic mass is 35.5. The Morgan fingerprint density at radius 2 is 1.74 bits per heavy atom. The summed E-state index contributed by atoms with van der Waals surface area (Å²) in [5, 5.41) is 3.40. The molecule has 0 saturated heterocycles. The van der Waals surface area contributed by atoms with Crippen LogP contribution in [0.2, 0.25) is 0 Å². The molecule has 1 atom stereocenters. The van der Waals surface area contributed by atoms with Crippen molar-refractivity contribution in [3.63, 3.8) is 0 Å². The van der Waals surface area contributed by atoms with Crippen molar-refractivity contribution in [1.82, 2.24) is 5.32 Å². The van der Waals surface area contributed by atoms with E-state index in [9.17, 15) is 4.79 Å². The van der Waals surface area contributed by atoms with E-state index in [1.807, 2.05) is 30.3 Å². The molecule has 0 saturated carbocycles. The van der Waals surface area contributed by atoms with Crippen LogP contribution in [0.3, 0.4) is 0 Å². The molecule has 3 heteroatoms. The Labute approximate surface area is 123 Å². The largest absolute Gasteiger partial charge is 0.307 e. The van der Waals surface area contributed by atoms with Gasteiger partial charge in [-0.1, -0.05) is 63.4 Å². The lowest BCUT2D eigenvalue weighted by molar-refractivity contribution is 0.0936.